The molecule has 0 aliphatic rings. The maximum Gasteiger partial charge on any atom is 0.252 e. The molecule has 1 aromatic rings. The molecule has 64 valence electrons. The van der Waals surface area contributed by atoms with E-state index >= 15 is 0 Å². The van der Waals surface area contributed by atoms with Crippen LogP contribution in [0.1, 0.15) is 15.9 Å². The van der Waals surface area contributed by atoms with Crippen molar-refractivity contribution in [3.8, 4) is 0 Å². The minimum Gasteiger partial charge on any atom is -0.276 e. The molecule has 0 saturated heterocycles. The number of carbonyl (C=O) groups is 1. The van der Waals surface area contributed by atoms with Crippen molar-refractivity contribution in [2.75, 3.05) is 6.67 Å². The van der Waals surface area contributed by atoms with Gasteiger partial charge in [-0.3, -0.25) is 9.18 Å². The molecule has 1 aromatic carbocycles. The predicted octanol–water partition coefficient (Wildman–Crippen LogP) is 2.58. The summed E-state index contributed by atoms with van der Waals surface area (Å²) >= 11 is 5.22. The first kappa shape index (κ1) is 9.20. The van der Waals surface area contributed by atoms with Crippen LogP contribution in [0.3, 0.4) is 0 Å². The number of benzene rings is 1. The third-order valence-corrected chi connectivity index (χ3v) is 1.78. The molecule has 0 N–H and O–H groups in total. The lowest BCUT2D eigenvalue weighted by atomic mass is 10.1. The largest absolute Gasteiger partial charge is 0.276 e. The number of halogens is 2. The van der Waals surface area contributed by atoms with E-state index in [1.165, 1.54) is 0 Å². The summed E-state index contributed by atoms with van der Waals surface area (Å²) in [7, 11) is 0. The fourth-order valence-electron chi connectivity index (χ4n) is 0.912. The number of hydrogen-bond acceptors (Lipinski definition) is 1. The molecule has 0 saturated carbocycles. The predicted molar refractivity (Wildman–Crippen MR) is 46.3 cm³/mol. The molecular weight excluding hydrogens is 179 g/mol. The van der Waals surface area contributed by atoms with Gasteiger partial charge in [0.25, 0.3) is 5.24 Å². The zero-order valence-electron chi connectivity index (χ0n) is 6.39. The van der Waals surface area contributed by atoms with Crippen LogP contribution in [-0.4, -0.2) is 11.9 Å². The Kier molecular flexibility index (Phi) is 3.23. The molecule has 0 spiro atoms. The average Bonchev–Trinajstić information content (AvgIpc) is 2.06. The highest BCUT2D eigenvalue weighted by Gasteiger charge is 2.00. The van der Waals surface area contributed by atoms with E-state index in [0.29, 0.717) is 12.0 Å². The quantitative estimate of drug-likeness (QED) is 0.664. The highest BCUT2D eigenvalue weighted by molar-refractivity contribution is 6.67. The lowest BCUT2D eigenvalue weighted by Gasteiger charge is -1.97. The van der Waals surface area contributed by atoms with Crippen LogP contribution < -0.4 is 0 Å². The van der Waals surface area contributed by atoms with E-state index in [1.807, 2.05) is 0 Å². The molecule has 3 heteroatoms. The fourth-order valence-corrected chi connectivity index (χ4v) is 1.04. The van der Waals surface area contributed by atoms with Crippen molar-refractivity contribution in [2.45, 2.75) is 6.42 Å². The standard InChI is InChI=1S/C9H8ClFO/c10-9(12)8-3-1-7(2-4-8)5-6-11/h1-4H,5-6H2. The summed E-state index contributed by atoms with van der Waals surface area (Å²) in [6, 6.07) is 6.60. The fraction of sp³-hybridized carbons (Fsp3) is 0.222. The second kappa shape index (κ2) is 4.21. The van der Waals surface area contributed by atoms with Crippen molar-refractivity contribution < 1.29 is 9.18 Å². The molecule has 0 unspecified atom stereocenters. The normalized spacial score (nSPS) is 9.83. The Balaban J connectivity index is 2.78. The van der Waals surface area contributed by atoms with Gasteiger partial charge in [0.05, 0.1) is 6.67 Å². The lowest BCUT2D eigenvalue weighted by molar-refractivity contribution is 0.108. The summed E-state index contributed by atoms with van der Waals surface area (Å²) in [5.74, 6) is 0. The van der Waals surface area contributed by atoms with Crippen LogP contribution >= 0.6 is 11.6 Å². The van der Waals surface area contributed by atoms with E-state index in [9.17, 15) is 9.18 Å². The highest BCUT2D eigenvalue weighted by Crippen LogP contribution is 2.07. The molecule has 0 heterocycles. The Labute approximate surface area is 75.2 Å². The van der Waals surface area contributed by atoms with E-state index in [1.54, 1.807) is 24.3 Å². The molecular formula is C9H8ClFO. The van der Waals surface area contributed by atoms with E-state index < -0.39 is 5.24 Å². The molecule has 12 heavy (non-hydrogen) atoms. The Morgan fingerprint density at radius 3 is 2.33 bits per heavy atom. The van der Waals surface area contributed by atoms with Crippen LogP contribution in [0.15, 0.2) is 24.3 Å². The van der Waals surface area contributed by atoms with E-state index in [2.05, 4.69) is 0 Å². The van der Waals surface area contributed by atoms with Gasteiger partial charge in [-0.05, 0) is 29.3 Å². The van der Waals surface area contributed by atoms with E-state index in [4.69, 9.17) is 11.6 Å². The zero-order valence-corrected chi connectivity index (χ0v) is 7.14. The highest BCUT2D eigenvalue weighted by atomic mass is 35.5. The summed E-state index contributed by atoms with van der Waals surface area (Å²) in [5, 5.41) is -0.484. The first-order valence-electron chi connectivity index (χ1n) is 3.59. The van der Waals surface area contributed by atoms with Gasteiger partial charge in [0.1, 0.15) is 0 Å². The maximum atomic E-state index is 11.8. The first-order chi connectivity index (χ1) is 5.74. The molecule has 0 aliphatic heterocycles. The topological polar surface area (TPSA) is 17.1 Å². The minimum atomic E-state index is -0.484. The zero-order chi connectivity index (χ0) is 8.97. The molecule has 0 radical (unpaired) electrons. The molecule has 1 rings (SSSR count). The van der Waals surface area contributed by atoms with Gasteiger partial charge in [0.15, 0.2) is 0 Å². The summed E-state index contributed by atoms with van der Waals surface area (Å²) in [4.78, 5) is 10.6. The smallest absolute Gasteiger partial charge is 0.252 e. The van der Waals surface area contributed by atoms with Gasteiger partial charge in [-0.2, -0.15) is 0 Å². The summed E-state index contributed by atoms with van der Waals surface area (Å²) < 4.78 is 11.8. The van der Waals surface area contributed by atoms with Crippen LogP contribution in [0.5, 0.6) is 0 Å². The lowest BCUT2D eigenvalue weighted by Crippen LogP contribution is -1.90. The number of alkyl halides is 1. The summed E-state index contributed by atoms with van der Waals surface area (Å²) in [5.41, 5.74) is 1.32. The molecule has 0 bridgehead atoms. The van der Waals surface area contributed by atoms with Crippen LogP contribution in [-0.2, 0) is 6.42 Å². The van der Waals surface area contributed by atoms with Crippen molar-refractivity contribution in [1.29, 1.82) is 0 Å². The SMILES string of the molecule is O=C(Cl)c1ccc(CCF)cc1. The molecule has 0 amide bonds. The third kappa shape index (κ3) is 2.31. The Morgan fingerprint density at radius 2 is 1.92 bits per heavy atom. The van der Waals surface area contributed by atoms with E-state index in [-0.39, 0.29) is 6.67 Å². The van der Waals surface area contributed by atoms with E-state index in [0.717, 1.165) is 5.56 Å². The maximum absolute atomic E-state index is 11.8. The van der Waals surface area contributed by atoms with Gasteiger partial charge < -0.3 is 0 Å². The monoisotopic (exact) mass is 186 g/mol. The van der Waals surface area contributed by atoms with Crippen molar-refractivity contribution >= 4 is 16.8 Å². The Hall–Kier alpha value is -0.890. The second-order valence-electron chi connectivity index (χ2n) is 2.41. The number of aryl methyl sites for hydroxylation is 1. The van der Waals surface area contributed by atoms with Gasteiger partial charge >= 0.3 is 0 Å². The van der Waals surface area contributed by atoms with Crippen LogP contribution in [0.2, 0.25) is 0 Å². The Morgan fingerprint density at radius 1 is 1.33 bits per heavy atom. The number of hydrogen-bond donors (Lipinski definition) is 0. The molecule has 0 fully saturated rings. The van der Waals surface area contributed by atoms with Crippen molar-refractivity contribution in [3.05, 3.63) is 35.4 Å². The molecule has 1 nitrogen and oxygen atoms in total. The van der Waals surface area contributed by atoms with Crippen molar-refractivity contribution in [3.63, 3.8) is 0 Å². The molecule has 0 aliphatic carbocycles. The second-order valence-corrected chi connectivity index (χ2v) is 2.75. The summed E-state index contributed by atoms with van der Waals surface area (Å²) in [6.07, 6.45) is 0.386. The van der Waals surface area contributed by atoms with Gasteiger partial charge in [0.2, 0.25) is 0 Å². The third-order valence-electron chi connectivity index (χ3n) is 1.56. The van der Waals surface area contributed by atoms with Crippen LogP contribution in [0.4, 0.5) is 4.39 Å². The average molecular weight is 187 g/mol. The molecule has 0 aromatic heterocycles. The van der Waals surface area contributed by atoms with Gasteiger partial charge in [-0.15, -0.1) is 0 Å². The van der Waals surface area contributed by atoms with Gasteiger partial charge in [-0.1, -0.05) is 12.1 Å². The van der Waals surface area contributed by atoms with Crippen molar-refractivity contribution in [2.24, 2.45) is 0 Å². The van der Waals surface area contributed by atoms with Crippen molar-refractivity contribution in [1.82, 2.24) is 0 Å². The summed E-state index contributed by atoms with van der Waals surface area (Å²) in [6.45, 7) is -0.381. The minimum absolute atomic E-state index is 0.381. The first-order valence-corrected chi connectivity index (χ1v) is 3.96. The van der Waals surface area contributed by atoms with Crippen LogP contribution in [0.25, 0.3) is 0 Å². The number of carbonyl (C=O) groups excluding carboxylic acids is 1. The number of rotatable bonds is 3. The Bertz CT molecular complexity index is 268. The van der Waals surface area contributed by atoms with Crippen LogP contribution in [0, 0.1) is 0 Å². The van der Waals surface area contributed by atoms with Gasteiger partial charge in [0, 0.05) is 12.0 Å². The van der Waals surface area contributed by atoms with Gasteiger partial charge in [-0.25, -0.2) is 0 Å². The molecule has 0 atom stereocenters.